The van der Waals surface area contributed by atoms with Gasteiger partial charge in [-0.15, -0.1) is 0 Å². The molecule has 1 N–H and O–H groups in total. The van der Waals surface area contributed by atoms with Gasteiger partial charge in [0.15, 0.2) is 5.78 Å². The van der Waals surface area contributed by atoms with Crippen LogP contribution in [0.3, 0.4) is 0 Å². The van der Waals surface area contributed by atoms with Gasteiger partial charge in [-0.25, -0.2) is 4.79 Å². The summed E-state index contributed by atoms with van der Waals surface area (Å²) < 4.78 is 7.24. The second-order valence-electron chi connectivity index (χ2n) is 10.5. The molecular formula is C30H31N3O4S. The van der Waals surface area contributed by atoms with Gasteiger partial charge < -0.3 is 15.0 Å². The van der Waals surface area contributed by atoms with Crippen LogP contribution < -0.4 is 10.9 Å². The molecule has 1 amide bonds. The summed E-state index contributed by atoms with van der Waals surface area (Å²) in [4.78, 5) is 42.0. The molecule has 1 fully saturated rings. The van der Waals surface area contributed by atoms with Crippen LogP contribution in [-0.2, 0) is 4.74 Å². The van der Waals surface area contributed by atoms with Crippen LogP contribution in [0.4, 0.5) is 9.80 Å². The standard InChI is InChI=1S/C30H31N3O4S/c1-30(2,3)37-29(36)32-18-10-13-21(19-32)31-27-25(26(35)20-11-6-4-7-12-20)23-16-17-24(34)33(28(23)38-27)22-14-8-5-9-15-22/h4-9,11-12,14-17,21,31H,10,13,18-19H2,1-3H3. The number of carbonyl (C=O) groups excluding carboxylic acids is 2. The maximum Gasteiger partial charge on any atom is 0.410 e. The Labute approximate surface area is 225 Å². The number of aromatic nitrogens is 1. The number of hydrogen-bond donors (Lipinski definition) is 1. The summed E-state index contributed by atoms with van der Waals surface area (Å²) in [5.74, 6) is -0.114. The number of ketones is 1. The van der Waals surface area contributed by atoms with Crippen LogP contribution in [0.5, 0.6) is 0 Å². The van der Waals surface area contributed by atoms with Crippen molar-refractivity contribution in [1.82, 2.24) is 9.47 Å². The van der Waals surface area contributed by atoms with Gasteiger partial charge >= 0.3 is 6.09 Å². The lowest BCUT2D eigenvalue weighted by Crippen LogP contribution is -2.47. The van der Waals surface area contributed by atoms with E-state index in [1.54, 1.807) is 27.7 Å². The lowest BCUT2D eigenvalue weighted by Gasteiger charge is -2.34. The van der Waals surface area contributed by atoms with Gasteiger partial charge in [-0.3, -0.25) is 14.2 Å². The molecule has 5 rings (SSSR count). The Kier molecular flexibility index (Phi) is 7.08. The molecule has 1 aliphatic rings. The number of piperidine rings is 1. The summed E-state index contributed by atoms with van der Waals surface area (Å²) in [5.41, 5.74) is 1.12. The van der Waals surface area contributed by atoms with E-state index in [-0.39, 0.29) is 23.5 Å². The van der Waals surface area contributed by atoms with E-state index in [0.29, 0.717) is 34.0 Å². The molecule has 0 spiro atoms. The van der Waals surface area contributed by atoms with E-state index >= 15 is 0 Å². The highest BCUT2D eigenvalue weighted by molar-refractivity contribution is 7.23. The number of likely N-dealkylation sites (tertiary alicyclic amines) is 1. The highest BCUT2D eigenvalue weighted by Crippen LogP contribution is 2.38. The summed E-state index contributed by atoms with van der Waals surface area (Å²) in [6.07, 6.45) is 1.33. The van der Waals surface area contributed by atoms with E-state index in [1.807, 2.05) is 69.3 Å². The molecule has 2 aromatic heterocycles. The Morgan fingerprint density at radius 1 is 0.974 bits per heavy atom. The smallest absolute Gasteiger partial charge is 0.410 e. The first kappa shape index (κ1) is 25.7. The number of nitrogens with one attached hydrogen (secondary N) is 1. The zero-order valence-electron chi connectivity index (χ0n) is 21.8. The molecule has 1 atom stereocenters. The fraction of sp³-hybridized carbons (Fsp3) is 0.300. The number of nitrogens with zero attached hydrogens (tertiary/aromatic N) is 2. The van der Waals surface area contributed by atoms with E-state index < -0.39 is 5.60 Å². The highest BCUT2D eigenvalue weighted by atomic mass is 32.1. The minimum Gasteiger partial charge on any atom is -0.444 e. The molecular weight excluding hydrogens is 498 g/mol. The van der Waals surface area contributed by atoms with Crippen molar-refractivity contribution in [3.8, 4) is 5.69 Å². The number of thiophene rings is 1. The number of carbonyl (C=O) groups is 2. The van der Waals surface area contributed by atoms with Crippen LogP contribution in [0, 0.1) is 0 Å². The lowest BCUT2D eigenvalue weighted by molar-refractivity contribution is 0.0206. The molecule has 0 radical (unpaired) electrons. The van der Waals surface area contributed by atoms with Gasteiger partial charge in [0.2, 0.25) is 0 Å². The van der Waals surface area contributed by atoms with E-state index in [4.69, 9.17) is 4.74 Å². The van der Waals surface area contributed by atoms with Crippen LogP contribution >= 0.6 is 11.3 Å². The van der Waals surface area contributed by atoms with Gasteiger partial charge in [0.1, 0.15) is 15.4 Å². The van der Waals surface area contributed by atoms with Crippen molar-refractivity contribution in [1.29, 1.82) is 0 Å². The molecule has 0 aliphatic carbocycles. The number of hydrogen-bond acceptors (Lipinski definition) is 6. The third-order valence-corrected chi connectivity index (χ3v) is 7.55. The summed E-state index contributed by atoms with van der Waals surface area (Å²) >= 11 is 1.39. The Morgan fingerprint density at radius 3 is 2.34 bits per heavy atom. The van der Waals surface area contributed by atoms with Gasteiger partial charge in [-0.05, 0) is 51.8 Å². The summed E-state index contributed by atoms with van der Waals surface area (Å²) in [5, 5.41) is 4.98. The Hall–Kier alpha value is -3.91. The van der Waals surface area contributed by atoms with Crippen molar-refractivity contribution >= 4 is 38.4 Å². The minimum atomic E-state index is -0.570. The first-order valence-electron chi connectivity index (χ1n) is 12.8. The monoisotopic (exact) mass is 529 g/mol. The van der Waals surface area contributed by atoms with E-state index in [0.717, 1.165) is 23.9 Å². The number of ether oxygens (including phenoxy) is 1. The van der Waals surface area contributed by atoms with Crippen molar-refractivity contribution in [3.63, 3.8) is 0 Å². The fourth-order valence-electron chi connectivity index (χ4n) is 4.74. The van der Waals surface area contributed by atoms with Gasteiger partial charge in [-0.2, -0.15) is 0 Å². The second-order valence-corrected chi connectivity index (χ2v) is 11.5. The van der Waals surface area contributed by atoms with Crippen molar-refractivity contribution in [2.24, 2.45) is 0 Å². The molecule has 38 heavy (non-hydrogen) atoms. The summed E-state index contributed by atoms with van der Waals surface area (Å²) in [6.45, 7) is 6.66. The predicted octanol–water partition coefficient (Wildman–Crippen LogP) is 6.09. The number of pyridine rings is 1. The van der Waals surface area contributed by atoms with E-state index in [2.05, 4.69) is 5.32 Å². The SMILES string of the molecule is CC(C)(C)OC(=O)N1CCCC(Nc2sc3c(ccc(=O)n3-c3ccccc3)c2C(=O)c2ccccc2)C1. The zero-order valence-corrected chi connectivity index (χ0v) is 22.6. The second kappa shape index (κ2) is 10.5. The Morgan fingerprint density at radius 2 is 1.66 bits per heavy atom. The number of amides is 1. The first-order chi connectivity index (χ1) is 18.2. The van der Waals surface area contributed by atoms with Gasteiger partial charge in [-0.1, -0.05) is 59.9 Å². The minimum absolute atomic E-state index is 0.0662. The van der Waals surface area contributed by atoms with Gasteiger partial charge in [0.25, 0.3) is 5.56 Å². The molecule has 2 aromatic carbocycles. The van der Waals surface area contributed by atoms with Crippen molar-refractivity contribution < 1.29 is 14.3 Å². The topological polar surface area (TPSA) is 80.6 Å². The highest BCUT2D eigenvalue weighted by Gasteiger charge is 2.30. The third kappa shape index (κ3) is 5.36. The Bertz CT molecular complexity index is 1520. The molecule has 0 bridgehead atoms. The molecule has 4 aromatic rings. The largest absolute Gasteiger partial charge is 0.444 e. The molecule has 3 heterocycles. The van der Waals surface area contributed by atoms with E-state index in [1.165, 1.54) is 17.4 Å². The van der Waals surface area contributed by atoms with Crippen molar-refractivity contribution in [2.45, 2.75) is 45.3 Å². The molecule has 196 valence electrons. The van der Waals surface area contributed by atoms with Crippen LogP contribution in [0.2, 0.25) is 0 Å². The zero-order chi connectivity index (χ0) is 26.9. The number of benzene rings is 2. The number of fused-ring (bicyclic) bond motifs is 1. The predicted molar refractivity (Wildman–Crippen MR) is 152 cm³/mol. The normalized spacial score (nSPS) is 15.9. The summed E-state index contributed by atoms with van der Waals surface area (Å²) in [6, 6.07) is 21.8. The van der Waals surface area contributed by atoms with Crippen LogP contribution in [0.1, 0.15) is 49.5 Å². The average molecular weight is 530 g/mol. The number of para-hydroxylation sites is 1. The van der Waals surface area contributed by atoms with E-state index in [9.17, 15) is 14.4 Å². The number of anilines is 1. The average Bonchev–Trinajstić information content (AvgIpc) is 3.26. The molecule has 8 heteroatoms. The lowest BCUT2D eigenvalue weighted by atomic mass is 10.0. The molecule has 1 aliphatic heterocycles. The molecule has 0 saturated carbocycles. The summed E-state index contributed by atoms with van der Waals surface area (Å²) in [7, 11) is 0. The first-order valence-corrected chi connectivity index (χ1v) is 13.6. The van der Waals surface area contributed by atoms with Crippen LogP contribution in [0.15, 0.2) is 77.6 Å². The van der Waals surface area contributed by atoms with Gasteiger partial charge in [0, 0.05) is 36.1 Å². The molecule has 1 saturated heterocycles. The molecule has 1 unspecified atom stereocenters. The van der Waals surface area contributed by atoms with Crippen LogP contribution in [0.25, 0.3) is 15.9 Å². The molecule has 7 nitrogen and oxygen atoms in total. The maximum absolute atomic E-state index is 13.8. The van der Waals surface area contributed by atoms with Gasteiger partial charge in [0.05, 0.1) is 11.3 Å². The quantitative estimate of drug-likeness (QED) is 0.316. The third-order valence-electron chi connectivity index (χ3n) is 6.43. The van der Waals surface area contributed by atoms with Crippen molar-refractivity contribution in [3.05, 3.63) is 94.3 Å². The fourth-order valence-corrected chi connectivity index (χ4v) is 6.03. The maximum atomic E-state index is 13.8. The number of rotatable bonds is 5. The van der Waals surface area contributed by atoms with Crippen molar-refractivity contribution in [2.75, 3.05) is 18.4 Å². The Balaban J connectivity index is 1.57. The van der Waals surface area contributed by atoms with Crippen LogP contribution in [-0.4, -0.2) is 46.1 Å².